The minimum absolute atomic E-state index is 0.0821. The molecule has 1 atom stereocenters. The van der Waals surface area contributed by atoms with Gasteiger partial charge in [-0.25, -0.2) is 0 Å². The number of carbonyl (C=O) groups is 3. The fourth-order valence-electron chi connectivity index (χ4n) is 7.77. The summed E-state index contributed by atoms with van der Waals surface area (Å²) in [5, 5.41) is 0. The van der Waals surface area contributed by atoms with Gasteiger partial charge in [0.2, 0.25) is 0 Å². The molecule has 65 heavy (non-hydrogen) atoms. The van der Waals surface area contributed by atoms with Crippen LogP contribution in [0.2, 0.25) is 0 Å². The molecule has 0 aromatic heterocycles. The molecule has 0 aliphatic rings. The van der Waals surface area contributed by atoms with Crippen LogP contribution in [0.5, 0.6) is 0 Å². The van der Waals surface area contributed by atoms with Crippen LogP contribution in [0.15, 0.2) is 60.8 Å². The van der Waals surface area contributed by atoms with Gasteiger partial charge in [-0.3, -0.25) is 14.4 Å². The Balaban J connectivity index is 4.40. The number of hydrogen-bond donors (Lipinski definition) is 0. The van der Waals surface area contributed by atoms with Gasteiger partial charge >= 0.3 is 17.9 Å². The van der Waals surface area contributed by atoms with Crippen LogP contribution in [0.4, 0.5) is 0 Å². The number of rotatable bonds is 50. The van der Waals surface area contributed by atoms with Gasteiger partial charge in [0.1, 0.15) is 13.2 Å². The predicted molar refractivity (Wildman–Crippen MR) is 279 cm³/mol. The maximum Gasteiger partial charge on any atom is 0.306 e. The molecule has 0 radical (unpaired) electrons. The first kappa shape index (κ1) is 62.1. The second-order valence-corrected chi connectivity index (χ2v) is 18.5. The van der Waals surface area contributed by atoms with Crippen molar-refractivity contribution in [1.82, 2.24) is 0 Å². The molecule has 0 heterocycles. The summed E-state index contributed by atoms with van der Waals surface area (Å²) in [4.78, 5) is 38.1. The van der Waals surface area contributed by atoms with Gasteiger partial charge in [-0.05, 0) is 89.9 Å². The summed E-state index contributed by atoms with van der Waals surface area (Å²) in [6.45, 7) is 6.58. The van der Waals surface area contributed by atoms with Crippen molar-refractivity contribution in [2.75, 3.05) is 13.2 Å². The Morgan fingerprint density at radius 3 is 0.892 bits per heavy atom. The monoisotopic (exact) mass is 909 g/mol. The van der Waals surface area contributed by atoms with Gasteiger partial charge in [-0.1, -0.05) is 229 Å². The molecule has 0 rings (SSSR count). The molecule has 6 nitrogen and oxygen atoms in total. The van der Waals surface area contributed by atoms with E-state index in [2.05, 4.69) is 81.5 Å². The van der Waals surface area contributed by atoms with E-state index in [1.54, 1.807) is 0 Å². The number of esters is 3. The van der Waals surface area contributed by atoms with Gasteiger partial charge in [0.05, 0.1) is 0 Å². The van der Waals surface area contributed by atoms with Crippen molar-refractivity contribution in [2.45, 2.75) is 284 Å². The minimum Gasteiger partial charge on any atom is -0.462 e. The summed E-state index contributed by atoms with van der Waals surface area (Å²) in [7, 11) is 0. The Kier molecular flexibility index (Phi) is 51.3. The zero-order chi connectivity index (χ0) is 47.2. The van der Waals surface area contributed by atoms with Crippen molar-refractivity contribution in [2.24, 2.45) is 0 Å². The third kappa shape index (κ3) is 51.9. The molecule has 0 aliphatic carbocycles. The number of allylic oxidation sites excluding steroid dienone is 10. The van der Waals surface area contributed by atoms with E-state index in [4.69, 9.17) is 14.2 Å². The lowest BCUT2D eigenvalue weighted by molar-refractivity contribution is -0.167. The highest BCUT2D eigenvalue weighted by Crippen LogP contribution is 2.15. The quantitative estimate of drug-likeness (QED) is 0.0262. The average molecular weight is 909 g/mol. The van der Waals surface area contributed by atoms with Crippen molar-refractivity contribution in [3.63, 3.8) is 0 Å². The average Bonchev–Trinajstić information content (AvgIpc) is 3.30. The first-order valence-corrected chi connectivity index (χ1v) is 27.8. The minimum atomic E-state index is -0.785. The van der Waals surface area contributed by atoms with E-state index in [1.807, 2.05) is 0 Å². The fraction of sp³-hybridized carbons (Fsp3) is 0.780. The lowest BCUT2D eigenvalue weighted by Crippen LogP contribution is -2.30. The summed E-state index contributed by atoms with van der Waals surface area (Å²) in [5.41, 5.74) is 0. The molecule has 0 N–H and O–H groups in total. The molecule has 0 fully saturated rings. The van der Waals surface area contributed by atoms with E-state index in [0.717, 1.165) is 103 Å². The van der Waals surface area contributed by atoms with Crippen molar-refractivity contribution >= 4 is 17.9 Å². The summed E-state index contributed by atoms with van der Waals surface area (Å²) in [5.74, 6) is -0.900. The molecule has 0 bridgehead atoms. The van der Waals surface area contributed by atoms with Crippen molar-refractivity contribution in [1.29, 1.82) is 0 Å². The second kappa shape index (κ2) is 53.7. The standard InChI is InChI=1S/C59H104O6/c1-4-7-10-13-16-19-22-25-27-28-29-30-32-34-37-40-43-46-49-52-58(61)64-55-56(54-63-57(60)51-48-45-42-39-36-33-24-21-18-15-12-9-6-3)65-59(62)53-50-47-44-41-38-35-31-26-23-20-17-14-11-8-5-2/h16-17,19-20,25-27,29-31,56H,4-15,18,21-24,28,32-55H2,1-3H3/b19-16-,20-17-,27-25-,30-29-,31-26-. The van der Waals surface area contributed by atoms with Gasteiger partial charge in [0.15, 0.2) is 6.10 Å². The Hall–Kier alpha value is -2.89. The molecule has 0 saturated carbocycles. The molecule has 6 heteroatoms. The van der Waals surface area contributed by atoms with Crippen LogP contribution in [0.1, 0.15) is 278 Å². The van der Waals surface area contributed by atoms with Crippen LogP contribution in [-0.4, -0.2) is 37.2 Å². The number of ether oxygens (including phenoxy) is 3. The van der Waals surface area contributed by atoms with Crippen LogP contribution in [-0.2, 0) is 28.6 Å². The fourth-order valence-corrected chi connectivity index (χ4v) is 7.77. The lowest BCUT2D eigenvalue weighted by Gasteiger charge is -2.18. The maximum absolute atomic E-state index is 12.8. The van der Waals surface area contributed by atoms with Crippen LogP contribution in [0.3, 0.4) is 0 Å². The highest BCUT2D eigenvalue weighted by molar-refractivity contribution is 5.71. The molecular weight excluding hydrogens is 805 g/mol. The summed E-state index contributed by atoms with van der Waals surface area (Å²) in [6.07, 6.45) is 66.3. The van der Waals surface area contributed by atoms with Crippen LogP contribution < -0.4 is 0 Å². The van der Waals surface area contributed by atoms with E-state index >= 15 is 0 Å². The summed E-state index contributed by atoms with van der Waals surface area (Å²) >= 11 is 0. The van der Waals surface area contributed by atoms with Gasteiger partial charge < -0.3 is 14.2 Å². The molecule has 0 aromatic rings. The van der Waals surface area contributed by atoms with Gasteiger partial charge in [-0.15, -0.1) is 0 Å². The normalized spacial score (nSPS) is 12.5. The Labute approximate surface area is 402 Å². The molecule has 0 aromatic carbocycles. The molecule has 376 valence electrons. The summed E-state index contributed by atoms with van der Waals surface area (Å²) in [6, 6.07) is 0. The van der Waals surface area contributed by atoms with E-state index < -0.39 is 6.10 Å². The molecule has 0 saturated heterocycles. The van der Waals surface area contributed by atoms with E-state index in [1.165, 1.54) is 135 Å². The number of unbranched alkanes of at least 4 members (excludes halogenated alkanes) is 29. The second-order valence-electron chi connectivity index (χ2n) is 18.5. The van der Waals surface area contributed by atoms with Gasteiger partial charge in [0, 0.05) is 19.3 Å². The van der Waals surface area contributed by atoms with E-state index in [0.29, 0.717) is 19.3 Å². The Morgan fingerprint density at radius 1 is 0.308 bits per heavy atom. The Morgan fingerprint density at radius 2 is 0.554 bits per heavy atom. The van der Waals surface area contributed by atoms with Gasteiger partial charge in [0.25, 0.3) is 0 Å². The number of hydrogen-bond acceptors (Lipinski definition) is 6. The lowest BCUT2D eigenvalue weighted by atomic mass is 10.0. The maximum atomic E-state index is 12.8. The third-order valence-electron chi connectivity index (χ3n) is 12.0. The van der Waals surface area contributed by atoms with Gasteiger partial charge in [-0.2, -0.15) is 0 Å². The van der Waals surface area contributed by atoms with Crippen LogP contribution >= 0.6 is 0 Å². The zero-order valence-corrected chi connectivity index (χ0v) is 43.0. The van der Waals surface area contributed by atoms with Crippen molar-refractivity contribution in [3.8, 4) is 0 Å². The smallest absolute Gasteiger partial charge is 0.306 e. The van der Waals surface area contributed by atoms with Crippen LogP contribution in [0, 0.1) is 0 Å². The van der Waals surface area contributed by atoms with Crippen LogP contribution in [0.25, 0.3) is 0 Å². The summed E-state index contributed by atoms with van der Waals surface area (Å²) < 4.78 is 16.8. The highest BCUT2D eigenvalue weighted by Gasteiger charge is 2.19. The zero-order valence-electron chi connectivity index (χ0n) is 43.0. The first-order valence-electron chi connectivity index (χ1n) is 27.8. The van der Waals surface area contributed by atoms with Crippen molar-refractivity contribution in [3.05, 3.63) is 60.8 Å². The van der Waals surface area contributed by atoms with Crippen molar-refractivity contribution < 1.29 is 28.6 Å². The predicted octanol–water partition coefficient (Wildman–Crippen LogP) is 18.4. The molecule has 0 spiro atoms. The topological polar surface area (TPSA) is 78.9 Å². The molecule has 0 aliphatic heterocycles. The van der Waals surface area contributed by atoms with E-state index in [9.17, 15) is 14.4 Å². The largest absolute Gasteiger partial charge is 0.462 e. The number of carbonyl (C=O) groups excluding carboxylic acids is 3. The molecular formula is C59H104O6. The molecule has 1 unspecified atom stereocenters. The first-order chi connectivity index (χ1) is 32.0. The third-order valence-corrected chi connectivity index (χ3v) is 12.0. The SMILES string of the molecule is CCCCC/C=C\C/C=C\C/C=C\CCCCCCCCC(=O)OCC(COC(=O)CCCCCCCCCCCCCCC)OC(=O)CCCCCCC/C=C\C/C=C\CCCCC. The Bertz CT molecular complexity index is 1180. The highest BCUT2D eigenvalue weighted by atomic mass is 16.6. The molecule has 0 amide bonds. The van der Waals surface area contributed by atoms with E-state index in [-0.39, 0.29) is 31.1 Å².